The van der Waals surface area contributed by atoms with Crippen LogP contribution in [0.1, 0.15) is 0 Å². The molecule has 1 heterocycles. The summed E-state index contributed by atoms with van der Waals surface area (Å²) in [5.74, 6) is 0. The summed E-state index contributed by atoms with van der Waals surface area (Å²) in [6.07, 6.45) is 0. The Morgan fingerprint density at radius 2 is 1.69 bits per heavy atom. The molecule has 4 heteroatoms. The molecule has 0 saturated carbocycles. The van der Waals surface area contributed by atoms with Gasteiger partial charge in [-0.05, 0) is 24.3 Å². The summed E-state index contributed by atoms with van der Waals surface area (Å²) in [5, 5.41) is 8.86. The quantitative estimate of drug-likeness (QED) is 0.642. The molecular formula is C12H8ClN3. The maximum atomic E-state index is 6.13. The number of nitrogens with zero attached hydrogens (tertiary/aromatic N) is 3. The summed E-state index contributed by atoms with van der Waals surface area (Å²) in [4.78, 5) is 0. The minimum Gasteiger partial charge on any atom is -0.211 e. The SMILES string of the molecule is Clc1ccccc1-n1nnc2ccccc21. The van der Waals surface area contributed by atoms with Gasteiger partial charge in [0.25, 0.3) is 0 Å². The van der Waals surface area contributed by atoms with Crippen molar-refractivity contribution in [2.75, 3.05) is 0 Å². The Kier molecular flexibility index (Phi) is 2.11. The minimum absolute atomic E-state index is 0.665. The van der Waals surface area contributed by atoms with E-state index >= 15 is 0 Å². The zero-order valence-corrected chi connectivity index (χ0v) is 9.09. The largest absolute Gasteiger partial charge is 0.211 e. The van der Waals surface area contributed by atoms with Crippen LogP contribution in [0.2, 0.25) is 5.02 Å². The molecule has 0 atom stereocenters. The topological polar surface area (TPSA) is 30.7 Å². The molecule has 0 aliphatic heterocycles. The fraction of sp³-hybridized carbons (Fsp3) is 0. The molecule has 78 valence electrons. The summed E-state index contributed by atoms with van der Waals surface area (Å²) in [5.41, 5.74) is 2.66. The van der Waals surface area contributed by atoms with Crippen LogP contribution in [0.5, 0.6) is 0 Å². The van der Waals surface area contributed by atoms with Crippen molar-refractivity contribution in [3.63, 3.8) is 0 Å². The van der Waals surface area contributed by atoms with Gasteiger partial charge < -0.3 is 0 Å². The highest BCUT2D eigenvalue weighted by Gasteiger charge is 2.07. The predicted molar refractivity (Wildman–Crippen MR) is 63.9 cm³/mol. The van der Waals surface area contributed by atoms with Crippen molar-refractivity contribution in [3.8, 4) is 5.69 Å². The van der Waals surface area contributed by atoms with Gasteiger partial charge >= 0.3 is 0 Å². The zero-order valence-electron chi connectivity index (χ0n) is 8.34. The number of rotatable bonds is 1. The van der Waals surface area contributed by atoms with E-state index < -0.39 is 0 Å². The van der Waals surface area contributed by atoms with Crippen molar-refractivity contribution in [3.05, 3.63) is 53.6 Å². The lowest BCUT2D eigenvalue weighted by molar-refractivity contribution is 0.824. The van der Waals surface area contributed by atoms with E-state index in [0.29, 0.717) is 5.02 Å². The lowest BCUT2D eigenvalue weighted by Crippen LogP contribution is -1.96. The summed E-state index contributed by atoms with van der Waals surface area (Å²) < 4.78 is 1.75. The smallest absolute Gasteiger partial charge is 0.113 e. The van der Waals surface area contributed by atoms with Crippen LogP contribution in [0.25, 0.3) is 16.7 Å². The number of benzene rings is 2. The van der Waals surface area contributed by atoms with Gasteiger partial charge in [0.05, 0.1) is 16.2 Å². The molecule has 2 aromatic carbocycles. The van der Waals surface area contributed by atoms with E-state index in [9.17, 15) is 0 Å². The van der Waals surface area contributed by atoms with Crippen LogP contribution in [0.3, 0.4) is 0 Å². The molecular weight excluding hydrogens is 222 g/mol. The third kappa shape index (κ3) is 1.37. The van der Waals surface area contributed by atoms with Gasteiger partial charge in [0.1, 0.15) is 5.52 Å². The third-order valence-electron chi connectivity index (χ3n) is 2.43. The van der Waals surface area contributed by atoms with Gasteiger partial charge in [-0.2, -0.15) is 0 Å². The van der Waals surface area contributed by atoms with E-state index in [4.69, 9.17) is 11.6 Å². The fourth-order valence-electron chi connectivity index (χ4n) is 1.67. The molecule has 0 spiro atoms. The molecule has 3 rings (SSSR count). The number of hydrogen-bond donors (Lipinski definition) is 0. The zero-order chi connectivity index (χ0) is 11.0. The van der Waals surface area contributed by atoms with Crippen LogP contribution < -0.4 is 0 Å². The monoisotopic (exact) mass is 229 g/mol. The minimum atomic E-state index is 0.665. The maximum absolute atomic E-state index is 6.13. The summed E-state index contributed by atoms with van der Waals surface area (Å²) >= 11 is 6.13. The first-order valence-corrected chi connectivity index (χ1v) is 5.29. The number of aromatic nitrogens is 3. The predicted octanol–water partition coefficient (Wildman–Crippen LogP) is 3.07. The number of hydrogen-bond acceptors (Lipinski definition) is 2. The first kappa shape index (κ1) is 9.36. The fourth-order valence-corrected chi connectivity index (χ4v) is 1.89. The van der Waals surface area contributed by atoms with Crippen molar-refractivity contribution in [1.29, 1.82) is 0 Å². The highest BCUT2D eigenvalue weighted by atomic mass is 35.5. The van der Waals surface area contributed by atoms with E-state index in [-0.39, 0.29) is 0 Å². The second-order valence-corrected chi connectivity index (χ2v) is 3.85. The van der Waals surface area contributed by atoms with Gasteiger partial charge in [-0.15, -0.1) is 5.10 Å². The normalized spacial score (nSPS) is 10.8. The molecule has 16 heavy (non-hydrogen) atoms. The molecule has 0 bridgehead atoms. The molecule has 0 aliphatic carbocycles. The standard InChI is InChI=1S/C12H8ClN3/c13-9-5-1-3-7-11(9)16-12-8-4-2-6-10(12)14-15-16/h1-8H. The highest BCUT2D eigenvalue weighted by Crippen LogP contribution is 2.22. The average Bonchev–Trinajstić information content (AvgIpc) is 2.74. The second-order valence-electron chi connectivity index (χ2n) is 3.44. The molecule has 0 N–H and O–H groups in total. The summed E-state index contributed by atoms with van der Waals surface area (Å²) in [6, 6.07) is 15.4. The molecule has 3 aromatic rings. The number of fused-ring (bicyclic) bond motifs is 1. The van der Waals surface area contributed by atoms with Gasteiger partial charge in [0.2, 0.25) is 0 Å². The van der Waals surface area contributed by atoms with E-state index in [1.807, 2.05) is 48.5 Å². The molecule has 0 amide bonds. The van der Waals surface area contributed by atoms with Gasteiger partial charge in [-0.25, -0.2) is 4.68 Å². The van der Waals surface area contributed by atoms with Gasteiger partial charge in [-0.3, -0.25) is 0 Å². The van der Waals surface area contributed by atoms with Crippen molar-refractivity contribution >= 4 is 22.6 Å². The van der Waals surface area contributed by atoms with Crippen LogP contribution in [0.4, 0.5) is 0 Å². The molecule has 0 aliphatic rings. The molecule has 1 aromatic heterocycles. The van der Waals surface area contributed by atoms with E-state index in [2.05, 4.69) is 10.3 Å². The Morgan fingerprint density at radius 1 is 0.938 bits per heavy atom. The van der Waals surface area contributed by atoms with Crippen molar-refractivity contribution < 1.29 is 0 Å². The Hall–Kier alpha value is -1.87. The molecule has 3 nitrogen and oxygen atoms in total. The average molecular weight is 230 g/mol. The lowest BCUT2D eigenvalue weighted by Gasteiger charge is -2.03. The van der Waals surface area contributed by atoms with E-state index in [1.54, 1.807) is 4.68 Å². The Morgan fingerprint density at radius 3 is 2.56 bits per heavy atom. The van der Waals surface area contributed by atoms with Gasteiger partial charge in [0, 0.05) is 0 Å². The maximum Gasteiger partial charge on any atom is 0.113 e. The van der Waals surface area contributed by atoms with Crippen LogP contribution in [0.15, 0.2) is 48.5 Å². The summed E-state index contributed by atoms with van der Waals surface area (Å²) in [6.45, 7) is 0. The first-order valence-electron chi connectivity index (χ1n) is 4.91. The van der Waals surface area contributed by atoms with Crippen LogP contribution in [-0.4, -0.2) is 15.0 Å². The van der Waals surface area contributed by atoms with E-state index in [1.165, 1.54) is 0 Å². The Balaban J connectivity index is 2.31. The molecule has 0 fully saturated rings. The Labute approximate surface area is 97.3 Å². The van der Waals surface area contributed by atoms with Crippen LogP contribution in [0, 0.1) is 0 Å². The molecule has 0 unspecified atom stereocenters. The van der Waals surface area contributed by atoms with Crippen molar-refractivity contribution in [1.82, 2.24) is 15.0 Å². The van der Waals surface area contributed by atoms with Crippen LogP contribution in [-0.2, 0) is 0 Å². The third-order valence-corrected chi connectivity index (χ3v) is 2.75. The van der Waals surface area contributed by atoms with Crippen molar-refractivity contribution in [2.24, 2.45) is 0 Å². The molecule has 0 saturated heterocycles. The van der Waals surface area contributed by atoms with Gasteiger partial charge in [-0.1, -0.05) is 41.1 Å². The number of halogens is 1. The Bertz CT molecular complexity index is 645. The van der Waals surface area contributed by atoms with Crippen LogP contribution >= 0.6 is 11.6 Å². The summed E-state index contributed by atoms with van der Waals surface area (Å²) in [7, 11) is 0. The first-order chi connectivity index (χ1) is 7.86. The van der Waals surface area contributed by atoms with Crippen molar-refractivity contribution in [2.45, 2.75) is 0 Å². The van der Waals surface area contributed by atoms with Gasteiger partial charge in [0.15, 0.2) is 0 Å². The lowest BCUT2D eigenvalue weighted by atomic mass is 10.3. The van der Waals surface area contributed by atoms with E-state index in [0.717, 1.165) is 16.7 Å². The number of para-hydroxylation sites is 2. The second kappa shape index (κ2) is 3.61. The molecule has 0 radical (unpaired) electrons. The highest BCUT2D eigenvalue weighted by molar-refractivity contribution is 6.32.